The molecule has 3 aliphatic heterocycles. The van der Waals surface area contributed by atoms with Gasteiger partial charge in [-0.15, -0.1) is 0 Å². The lowest BCUT2D eigenvalue weighted by Crippen LogP contribution is -2.66. The molecule has 29 heavy (non-hydrogen) atoms. The number of ether oxygens (including phenoxy) is 1. The molecule has 2 aromatic rings. The van der Waals surface area contributed by atoms with Crippen molar-refractivity contribution in [2.75, 3.05) is 26.2 Å². The maximum atomic E-state index is 12.8. The van der Waals surface area contributed by atoms with Crippen LogP contribution in [0, 0.1) is 5.92 Å². The Hall–Kier alpha value is -2.50. The molecule has 3 saturated heterocycles. The highest BCUT2D eigenvalue weighted by molar-refractivity contribution is 5.96. The van der Waals surface area contributed by atoms with E-state index in [2.05, 4.69) is 0 Å². The van der Waals surface area contributed by atoms with Crippen LogP contribution in [0.1, 0.15) is 28.8 Å². The van der Waals surface area contributed by atoms with E-state index in [0.717, 1.165) is 41.5 Å². The fourth-order valence-corrected chi connectivity index (χ4v) is 4.78. The van der Waals surface area contributed by atoms with Crippen LogP contribution in [0.15, 0.2) is 60.7 Å². The molecular weight excluding hydrogens is 364 g/mol. The fourth-order valence-electron chi connectivity index (χ4n) is 4.78. The lowest BCUT2D eigenvalue weighted by atomic mass is 9.82. The van der Waals surface area contributed by atoms with Crippen molar-refractivity contribution in [2.24, 2.45) is 11.7 Å². The van der Waals surface area contributed by atoms with Crippen molar-refractivity contribution in [2.45, 2.75) is 31.4 Å². The number of carbonyl (C=O) groups is 2. The predicted molar refractivity (Wildman–Crippen MR) is 111 cm³/mol. The van der Waals surface area contributed by atoms with E-state index in [-0.39, 0.29) is 17.9 Å². The molecule has 2 aromatic carbocycles. The van der Waals surface area contributed by atoms with Crippen molar-refractivity contribution < 1.29 is 18.8 Å². The average Bonchev–Trinajstić information content (AvgIpc) is 2.75. The summed E-state index contributed by atoms with van der Waals surface area (Å²) in [5.74, 6) is 0.214. The number of Topliss-reactive ketones (excluding diaryl/α,β-unsaturated/α-hetero) is 1. The smallest absolute Gasteiger partial charge is 0.323 e. The number of hydrogen-bond acceptors (Lipinski definition) is 4. The van der Waals surface area contributed by atoms with Crippen LogP contribution in [0.2, 0.25) is 0 Å². The van der Waals surface area contributed by atoms with E-state index in [1.165, 1.54) is 0 Å². The van der Waals surface area contributed by atoms with Crippen molar-refractivity contribution in [1.29, 1.82) is 0 Å². The van der Waals surface area contributed by atoms with Gasteiger partial charge in [-0.25, -0.2) is 0 Å². The predicted octanol–water partition coefficient (Wildman–Crippen LogP) is 2.59. The summed E-state index contributed by atoms with van der Waals surface area (Å²) in [4.78, 5) is 25.4. The van der Waals surface area contributed by atoms with Crippen LogP contribution in [-0.4, -0.2) is 54.6 Å². The molecule has 0 aliphatic carbocycles. The minimum atomic E-state index is -0.660. The first-order valence-corrected chi connectivity index (χ1v) is 10.5. The van der Waals surface area contributed by atoms with E-state index < -0.39 is 6.04 Å². The van der Waals surface area contributed by atoms with Crippen LogP contribution in [0.4, 0.5) is 0 Å². The van der Waals surface area contributed by atoms with Gasteiger partial charge in [0, 0.05) is 24.3 Å². The van der Waals surface area contributed by atoms with Crippen molar-refractivity contribution >= 4 is 11.8 Å². The first-order chi connectivity index (χ1) is 14.0. The normalized spacial score (nSPS) is 26.7. The van der Waals surface area contributed by atoms with E-state index in [4.69, 9.17) is 10.5 Å². The molecule has 2 N–H and O–H groups in total. The van der Waals surface area contributed by atoms with Gasteiger partial charge in [0.05, 0.1) is 13.1 Å². The summed E-state index contributed by atoms with van der Waals surface area (Å²) in [6.07, 6.45) is 2.32. The van der Waals surface area contributed by atoms with Crippen LogP contribution in [0.3, 0.4) is 0 Å². The highest BCUT2D eigenvalue weighted by Crippen LogP contribution is 2.36. The average molecular weight is 394 g/mol. The molecular formula is C24H29N2O3+. The molecule has 0 amide bonds. The zero-order chi connectivity index (χ0) is 20.3. The lowest BCUT2D eigenvalue weighted by molar-refractivity contribution is -0.938. The third-order valence-electron chi connectivity index (χ3n) is 6.48. The Labute approximate surface area is 172 Å². The monoisotopic (exact) mass is 393 g/mol. The Morgan fingerprint density at radius 3 is 2.28 bits per heavy atom. The van der Waals surface area contributed by atoms with E-state index in [0.29, 0.717) is 25.4 Å². The summed E-state index contributed by atoms with van der Waals surface area (Å²) in [5, 5.41) is 0. The molecule has 3 fully saturated rings. The summed E-state index contributed by atoms with van der Waals surface area (Å²) < 4.78 is 6.60. The van der Waals surface area contributed by atoms with Crippen LogP contribution in [0.25, 0.3) is 0 Å². The Balaban J connectivity index is 1.38. The number of piperidine rings is 3. The van der Waals surface area contributed by atoms with Gasteiger partial charge < -0.3 is 15.0 Å². The number of rotatable bonds is 7. The van der Waals surface area contributed by atoms with Gasteiger partial charge in [0.1, 0.15) is 19.1 Å². The zero-order valence-electron chi connectivity index (χ0n) is 16.7. The highest BCUT2D eigenvalue weighted by atomic mass is 16.5. The molecule has 2 atom stereocenters. The number of esters is 1. The first-order valence-electron chi connectivity index (χ1n) is 10.5. The fraction of sp³-hybridized carbons (Fsp3) is 0.417. The second-order valence-corrected chi connectivity index (χ2v) is 8.53. The second-order valence-electron chi connectivity index (χ2n) is 8.53. The Bertz CT molecular complexity index is 845. The van der Waals surface area contributed by atoms with Crippen molar-refractivity contribution in [1.82, 2.24) is 0 Å². The zero-order valence-corrected chi connectivity index (χ0v) is 16.7. The summed E-state index contributed by atoms with van der Waals surface area (Å²) in [6.45, 7) is 3.15. The maximum Gasteiger partial charge on any atom is 0.323 e. The van der Waals surface area contributed by atoms with E-state index in [9.17, 15) is 9.59 Å². The third-order valence-corrected chi connectivity index (χ3v) is 6.48. The molecule has 5 rings (SSSR count). The number of carbonyl (C=O) groups excluding carboxylic acids is 2. The van der Waals surface area contributed by atoms with E-state index in [1.807, 2.05) is 60.7 Å². The number of hydrogen-bond donors (Lipinski definition) is 1. The van der Waals surface area contributed by atoms with Gasteiger partial charge in [0.2, 0.25) is 5.78 Å². The number of fused-ring (bicyclic) bond motifs is 3. The standard InChI is InChI=1S/C24H29N2O3/c25-21(15-18-7-3-1-4-8-18)24(28)29-23-17-26(13-11-20(23)12-14-26)16-22(27)19-9-5-2-6-10-19/h1-10,20-21,23H,11-17,25H2/q+1. The van der Waals surface area contributed by atoms with Gasteiger partial charge in [-0.2, -0.15) is 0 Å². The third kappa shape index (κ3) is 4.57. The van der Waals surface area contributed by atoms with Crippen LogP contribution in [0.5, 0.6) is 0 Å². The van der Waals surface area contributed by atoms with E-state index in [1.54, 1.807) is 0 Å². The molecule has 0 radical (unpaired) electrons. The van der Waals surface area contributed by atoms with E-state index >= 15 is 0 Å². The van der Waals surface area contributed by atoms with Crippen LogP contribution in [-0.2, 0) is 16.0 Å². The Kier molecular flexibility index (Phi) is 5.79. The molecule has 152 valence electrons. The number of ketones is 1. The molecule has 5 heteroatoms. The molecule has 0 spiro atoms. The lowest BCUT2D eigenvalue weighted by Gasteiger charge is -2.51. The number of quaternary nitrogens is 1. The minimum Gasteiger partial charge on any atom is -0.455 e. The minimum absolute atomic E-state index is 0.143. The van der Waals surface area contributed by atoms with Crippen LogP contribution >= 0.6 is 0 Å². The molecule has 5 nitrogen and oxygen atoms in total. The van der Waals surface area contributed by atoms with Crippen molar-refractivity contribution in [3.05, 3.63) is 71.8 Å². The molecule has 3 heterocycles. The Morgan fingerprint density at radius 1 is 1.00 bits per heavy atom. The van der Waals surface area contributed by atoms with Gasteiger partial charge in [0.25, 0.3) is 0 Å². The molecule has 2 unspecified atom stereocenters. The van der Waals surface area contributed by atoms with Gasteiger partial charge in [0.15, 0.2) is 6.10 Å². The summed E-state index contributed by atoms with van der Waals surface area (Å²) in [7, 11) is 0. The van der Waals surface area contributed by atoms with Crippen molar-refractivity contribution in [3.8, 4) is 0 Å². The quantitative estimate of drug-likeness (QED) is 0.446. The highest BCUT2D eigenvalue weighted by Gasteiger charge is 2.48. The first kappa shape index (κ1) is 19.8. The van der Waals surface area contributed by atoms with Crippen LogP contribution < -0.4 is 5.73 Å². The number of nitrogens with zero attached hydrogens (tertiary/aromatic N) is 1. The molecule has 0 aromatic heterocycles. The second kappa shape index (κ2) is 8.47. The SMILES string of the molecule is NC(Cc1ccccc1)C(=O)OC1C[N+]2(CC(=O)c3ccccc3)CCC1CC2. The molecule has 0 saturated carbocycles. The Morgan fingerprint density at radius 2 is 1.62 bits per heavy atom. The topological polar surface area (TPSA) is 69.4 Å². The maximum absolute atomic E-state index is 12.8. The number of benzene rings is 2. The summed E-state index contributed by atoms with van der Waals surface area (Å²) >= 11 is 0. The van der Waals surface area contributed by atoms with Gasteiger partial charge in [-0.1, -0.05) is 60.7 Å². The summed E-state index contributed by atoms with van der Waals surface area (Å²) in [5.41, 5.74) is 7.91. The molecule has 2 bridgehead atoms. The number of nitrogens with two attached hydrogens (primary N) is 1. The van der Waals surface area contributed by atoms with Gasteiger partial charge >= 0.3 is 5.97 Å². The van der Waals surface area contributed by atoms with Gasteiger partial charge in [-0.3, -0.25) is 9.59 Å². The van der Waals surface area contributed by atoms with Crippen molar-refractivity contribution in [3.63, 3.8) is 0 Å². The largest absolute Gasteiger partial charge is 0.455 e. The summed E-state index contributed by atoms with van der Waals surface area (Å²) in [6, 6.07) is 18.6. The molecule has 3 aliphatic rings. The van der Waals surface area contributed by atoms with Gasteiger partial charge in [-0.05, 0) is 12.0 Å².